The summed E-state index contributed by atoms with van der Waals surface area (Å²) in [5.41, 5.74) is 6.03. The molecule has 65 heavy (non-hydrogen) atoms. The van der Waals surface area contributed by atoms with Crippen molar-refractivity contribution in [3.05, 3.63) is 212 Å². The third-order valence-corrected chi connectivity index (χ3v) is 11.7. The van der Waals surface area contributed by atoms with Crippen LogP contribution in [-0.4, -0.2) is 9.55 Å². The average Bonchev–Trinajstić information content (AvgIpc) is 4.08. The van der Waals surface area contributed by atoms with Gasteiger partial charge >= 0.3 is 0 Å². The zero-order chi connectivity index (χ0) is 51.6. The van der Waals surface area contributed by atoms with E-state index in [1.807, 2.05) is 83.9 Å². The smallest absolute Gasteiger partial charge is 0.136 e. The van der Waals surface area contributed by atoms with Gasteiger partial charge in [-0.15, -0.1) is 42.7 Å². The maximum atomic E-state index is 9.04. The van der Waals surface area contributed by atoms with E-state index in [4.69, 9.17) is 27.8 Å². The van der Waals surface area contributed by atoms with Crippen molar-refractivity contribution in [1.82, 2.24) is 9.55 Å². The van der Waals surface area contributed by atoms with Gasteiger partial charge in [0.05, 0.1) is 24.6 Å². The van der Waals surface area contributed by atoms with Crippen LogP contribution in [0.3, 0.4) is 0 Å². The number of furan rings is 1. The van der Waals surface area contributed by atoms with Crippen molar-refractivity contribution in [2.75, 3.05) is 9.80 Å². The molecule has 1 aliphatic rings. The standard InChI is InChI=1S/C58H41N4O2.Pt/c1-58(2,3)41-32-33-59-53(34-41)62-51-36-44(29-30-48(51)57-56(62)54-45-23-11-10-20-40(45)28-31-52(54)64-57)63-43-22-14-21-42(35-43)60-37-61(50-27-13-12-26-49(50)60)55-46(38-16-6-4-7-17-38)24-15-25-47(55)39-18-8-5-9-19-39;/h4-34,37H,1-3H3;/q-3;/i4D,5D,6D,7D,8D,9D,16D,17D,18D,19D;. The zero-order valence-electron chi connectivity index (χ0n) is 45.1. The summed E-state index contributed by atoms with van der Waals surface area (Å²) in [6.45, 7) is 8.24. The molecule has 0 N–H and O–H groups in total. The van der Waals surface area contributed by atoms with Crippen LogP contribution < -0.4 is 14.5 Å². The van der Waals surface area contributed by atoms with Crippen LogP contribution in [-0.2, 0) is 26.5 Å². The zero-order valence-corrected chi connectivity index (χ0v) is 37.4. The van der Waals surface area contributed by atoms with Gasteiger partial charge in [0, 0.05) is 67.0 Å². The number of nitrogens with zero attached hydrogens (tertiary/aromatic N) is 4. The third kappa shape index (κ3) is 6.88. The Balaban J connectivity index is 0.00000602. The van der Waals surface area contributed by atoms with Crippen LogP contribution in [0.4, 0.5) is 22.7 Å². The molecule has 11 aromatic rings. The molecule has 0 atom stereocenters. The van der Waals surface area contributed by atoms with Crippen molar-refractivity contribution in [2.45, 2.75) is 26.2 Å². The Labute approximate surface area is 406 Å². The summed E-state index contributed by atoms with van der Waals surface area (Å²) in [5.74, 6) is 1.45. The van der Waals surface area contributed by atoms with E-state index in [0.29, 0.717) is 45.5 Å². The molecule has 4 heterocycles. The van der Waals surface area contributed by atoms with E-state index in [0.717, 1.165) is 38.2 Å². The Bertz CT molecular complexity index is 4040. The molecule has 0 spiro atoms. The van der Waals surface area contributed by atoms with Gasteiger partial charge in [0.2, 0.25) is 0 Å². The fraction of sp³-hybridized carbons (Fsp3) is 0.0690. The Hall–Kier alpha value is -7.40. The molecule has 0 bridgehead atoms. The second-order valence-electron chi connectivity index (χ2n) is 16.6. The molecular formula is C58H41N4O2Pt-3. The number of rotatable bonds is 7. The minimum atomic E-state index is -0.569. The van der Waals surface area contributed by atoms with Gasteiger partial charge in [0.1, 0.15) is 17.0 Å². The van der Waals surface area contributed by atoms with Crippen molar-refractivity contribution in [2.24, 2.45) is 0 Å². The van der Waals surface area contributed by atoms with Gasteiger partial charge in [-0.3, -0.25) is 0 Å². The van der Waals surface area contributed by atoms with E-state index in [-0.39, 0.29) is 54.4 Å². The molecule has 0 fully saturated rings. The monoisotopic (exact) mass is 1030 g/mol. The van der Waals surface area contributed by atoms with E-state index in [1.54, 1.807) is 35.8 Å². The fourth-order valence-corrected chi connectivity index (χ4v) is 8.69. The maximum Gasteiger partial charge on any atom is 0.136 e. The van der Waals surface area contributed by atoms with Crippen LogP contribution in [0.1, 0.15) is 40.0 Å². The normalized spacial score (nSPS) is 14.8. The predicted molar refractivity (Wildman–Crippen MR) is 261 cm³/mol. The second-order valence-corrected chi connectivity index (χ2v) is 16.6. The average molecular weight is 1030 g/mol. The number of anilines is 4. The van der Waals surface area contributed by atoms with E-state index >= 15 is 0 Å². The number of aromatic nitrogens is 2. The molecule has 0 amide bonds. The topological polar surface area (TPSA) is 46.7 Å². The summed E-state index contributed by atoms with van der Waals surface area (Å²) in [6.07, 6.45) is 1.83. The van der Waals surface area contributed by atoms with Gasteiger partial charge in [-0.2, -0.15) is 12.1 Å². The van der Waals surface area contributed by atoms with E-state index in [9.17, 15) is 0 Å². The van der Waals surface area contributed by atoms with Crippen molar-refractivity contribution in [1.29, 1.82) is 0 Å². The largest absolute Gasteiger partial charge is 0.509 e. The molecule has 0 radical (unpaired) electrons. The number of pyridine rings is 1. The SMILES string of the molecule is [2H]c1c([2H])c([2H])c(-c2cccc(-c3c([2H])c([2H])c([2H])c([2H])c3[2H])c2N2[CH-]N(c3[c-]c(Oc4[c-]c5c(cc4)c4oc6ccc7ccccc7c6c4n5-c4cc(C(C)(C)C)ccn4)ccc3)c3ccccc32)c([2H])c1[2H].[Pt]. The Morgan fingerprint density at radius 3 is 2.08 bits per heavy atom. The van der Waals surface area contributed by atoms with Crippen LogP contribution >= 0.6 is 0 Å². The van der Waals surface area contributed by atoms with Crippen molar-refractivity contribution >= 4 is 66.5 Å². The molecule has 6 nitrogen and oxygen atoms in total. The van der Waals surface area contributed by atoms with Gasteiger partial charge in [-0.25, -0.2) is 4.98 Å². The molecule has 7 heteroatoms. The molecule has 12 rings (SSSR count). The predicted octanol–water partition coefficient (Wildman–Crippen LogP) is 15.5. The summed E-state index contributed by atoms with van der Waals surface area (Å²) >= 11 is 0. The third-order valence-electron chi connectivity index (χ3n) is 11.7. The fourth-order valence-electron chi connectivity index (χ4n) is 8.69. The van der Waals surface area contributed by atoms with E-state index < -0.39 is 60.4 Å². The quantitative estimate of drug-likeness (QED) is 0.149. The number of ether oxygens (including phenoxy) is 1. The molecule has 8 aromatic carbocycles. The number of hydrogen-bond acceptors (Lipinski definition) is 5. The first kappa shape index (κ1) is 30.6. The summed E-state index contributed by atoms with van der Waals surface area (Å²) in [6, 6.07) is 39.7. The number of fused-ring (bicyclic) bond motifs is 8. The molecule has 318 valence electrons. The maximum absolute atomic E-state index is 9.04. The molecular weight excluding hydrogens is 980 g/mol. The van der Waals surface area contributed by atoms with Crippen LogP contribution in [0.25, 0.3) is 71.8 Å². The Morgan fingerprint density at radius 2 is 1.34 bits per heavy atom. The van der Waals surface area contributed by atoms with Gasteiger partial charge in [0.15, 0.2) is 0 Å². The van der Waals surface area contributed by atoms with Crippen LogP contribution in [0.15, 0.2) is 192 Å². The van der Waals surface area contributed by atoms with E-state index in [1.165, 1.54) is 0 Å². The first-order valence-electron chi connectivity index (χ1n) is 25.8. The number of hydrogen-bond donors (Lipinski definition) is 0. The summed E-state index contributed by atoms with van der Waals surface area (Å²) in [5, 5.41) is 3.91. The summed E-state index contributed by atoms with van der Waals surface area (Å²) in [7, 11) is 0. The first-order chi connectivity index (χ1) is 35.5. The Morgan fingerprint density at radius 1 is 0.662 bits per heavy atom. The molecule has 3 aromatic heterocycles. The summed E-state index contributed by atoms with van der Waals surface area (Å²) in [4.78, 5) is 8.51. The summed E-state index contributed by atoms with van der Waals surface area (Å²) < 4.78 is 103. The van der Waals surface area contributed by atoms with Gasteiger partial charge in [-0.1, -0.05) is 153 Å². The number of para-hydroxylation sites is 3. The van der Waals surface area contributed by atoms with Crippen molar-refractivity contribution in [3.8, 4) is 39.6 Å². The van der Waals surface area contributed by atoms with Gasteiger partial charge in [-0.05, 0) is 63.2 Å². The van der Waals surface area contributed by atoms with Crippen LogP contribution in [0.2, 0.25) is 0 Å². The van der Waals surface area contributed by atoms with E-state index in [2.05, 4.69) is 61.7 Å². The minimum Gasteiger partial charge on any atom is -0.509 e. The van der Waals surface area contributed by atoms with Gasteiger partial charge in [0.25, 0.3) is 0 Å². The minimum absolute atomic E-state index is 0. The van der Waals surface area contributed by atoms with Crippen molar-refractivity contribution in [3.63, 3.8) is 0 Å². The molecule has 0 aliphatic carbocycles. The number of benzene rings is 8. The Kier molecular flexibility index (Phi) is 7.54. The van der Waals surface area contributed by atoms with Crippen LogP contribution in [0, 0.1) is 18.8 Å². The van der Waals surface area contributed by atoms with Gasteiger partial charge < -0.3 is 23.5 Å². The first-order valence-corrected chi connectivity index (χ1v) is 20.8. The second kappa shape index (κ2) is 16.0. The molecule has 0 unspecified atom stereocenters. The molecule has 0 saturated carbocycles. The van der Waals surface area contributed by atoms with Crippen LogP contribution in [0.5, 0.6) is 11.5 Å². The van der Waals surface area contributed by atoms with Crippen molar-refractivity contribution < 1.29 is 43.9 Å². The molecule has 0 saturated heterocycles. The molecule has 1 aliphatic heterocycles.